The summed E-state index contributed by atoms with van der Waals surface area (Å²) in [5.74, 6) is 0. The van der Waals surface area contributed by atoms with Gasteiger partial charge in [0.2, 0.25) is 0 Å². The van der Waals surface area contributed by atoms with Crippen LogP contribution in [0.4, 0.5) is 17.1 Å². The van der Waals surface area contributed by atoms with Gasteiger partial charge in [-0.2, -0.15) is 0 Å². The third kappa shape index (κ3) is 6.41. The van der Waals surface area contributed by atoms with E-state index in [-0.39, 0.29) is 0 Å². The summed E-state index contributed by atoms with van der Waals surface area (Å²) < 4.78 is 2.45. The topological polar surface area (TPSA) is 8.17 Å². The van der Waals surface area contributed by atoms with E-state index in [0.29, 0.717) is 0 Å². The molecule has 0 unspecified atom stereocenters. The molecular formula is C58H40N2. The Morgan fingerprint density at radius 1 is 0.283 bits per heavy atom. The second-order valence-corrected chi connectivity index (χ2v) is 15.4. The van der Waals surface area contributed by atoms with Gasteiger partial charge in [-0.25, -0.2) is 0 Å². The highest BCUT2D eigenvalue weighted by atomic mass is 15.1. The van der Waals surface area contributed by atoms with Crippen LogP contribution < -0.4 is 4.90 Å². The van der Waals surface area contributed by atoms with Crippen LogP contribution in [-0.2, 0) is 0 Å². The summed E-state index contributed by atoms with van der Waals surface area (Å²) in [6.07, 6.45) is 0. The third-order valence-electron chi connectivity index (χ3n) is 11.7. The van der Waals surface area contributed by atoms with Crippen molar-refractivity contribution in [3.8, 4) is 50.2 Å². The predicted octanol–water partition coefficient (Wildman–Crippen LogP) is 16.1. The number of nitrogens with zero attached hydrogens (tertiary/aromatic N) is 2. The van der Waals surface area contributed by atoms with Crippen LogP contribution in [0.15, 0.2) is 243 Å². The van der Waals surface area contributed by atoms with Crippen molar-refractivity contribution in [3.05, 3.63) is 243 Å². The standard InChI is InChI=1S/C58H40N2/c1-4-16-41(17-5-1)44-30-33-51(34-31-44)59(50-22-8-3-9-23-50)56-26-14-12-24-53(56)47-32-35-58-55(40-47)54-25-13-15-27-57(54)60(58)52-38-48(42-18-6-2-7-19-42)37-49(39-52)46-29-28-43-20-10-11-21-45(43)36-46/h1-40H. The van der Waals surface area contributed by atoms with Crippen molar-refractivity contribution >= 4 is 49.6 Å². The number of anilines is 3. The Labute approximate surface area is 350 Å². The van der Waals surface area contributed by atoms with Gasteiger partial charge in [0.05, 0.1) is 16.7 Å². The Morgan fingerprint density at radius 2 is 0.817 bits per heavy atom. The van der Waals surface area contributed by atoms with E-state index < -0.39 is 0 Å². The number of aromatic nitrogens is 1. The molecule has 1 aromatic heterocycles. The number of fused-ring (bicyclic) bond motifs is 4. The number of hydrogen-bond acceptors (Lipinski definition) is 1. The van der Waals surface area contributed by atoms with Gasteiger partial charge in [0.1, 0.15) is 0 Å². The van der Waals surface area contributed by atoms with Gasteiger partial charge in [-0.05, 0) is 123 Å². The Morgan fingerprint density at radius 3 is 1.58 bits per heavy atom. The van der Waals surface area contributed by atoms with Crippen molar-refractivity contribution in [2.24, 2.45) is 0 Å². The zero-order valence-corrected chi connectivity index (χ0v) is 33.0. The first-order valence-electron chi connectivity index (χ1n) is 20.6. The zero-order chi connectivity index (χ0) is 39.8. The van der Waals surface area contributed by atoms with E-state index in [4.69, 9.17) is 0 Å². The Hall–Kier alpha value is -7.94. The molecule has 11 aromatic rings. The fourth-order valence-corrected chi connectivity index (χ4v) is 8.84. The molecule has 0 spiro atoms. The lowest BCUT2D eigenvalue weighted by atomic mass is 9.96. The summed E-state index contributed by atoms with van der Waals surface area (Å²) >= 11 is 0. The van der Waals surface area contributed by atoms with Gasteiger partial charge in [0.25, 0.3) is 0 Å². The van der Waals surface area contributed by atoms with E-state index in [0.717, 1.165) is 33.9 Å². The van der Waals surface area contributed by atoms with Crippen LogP contribution in [0.2, 0.25) is 0 Å². The molecule has 0 fully saturated rings. The number of hydrogen-bond donors (Lipinski definition) is 0. The maximum Gasteiger partial charge on any atom is 0.0541 e. The van der Waals surface area contributed by atoms with Crippen LogP contribution in [0.3, 0.4) is 0 Å². The second-order valence-electron chi connectivity index (χ2n) is 15.4. The number of benzene rings is 10. The predicted molar refractivity (Wildman–Crippen MR) is 255 cm³/mol. The van der Waals surface area contributed by atoms with E-state index >= 15 is 0 Å². The van der Waals surface area contributed by atoms with Crippen molar-refractivity contribution < 1.29 is 0 Å². The van der Waals surface area contributed by atoms with Crippen LogP contribution in [-0.4, -0.2) is 4.57 Å². The van der Waals surface area contributed by atoms with Crippen LogP contribution in [0, 0.1) is 0 Å². The molecule has 0 saturated heterocycles. The molecule has 1 heterocycles. The summed E-state index contributed by atoms with van der Waals surface area (Å²) in [5, 5.41) is 4.92. The third-order valence-corrected chi connectivity index (χ3v) is 11.7. The highest BCUT2D eigenvalue weighted by Crippen LogP contribution is 2.43. The smallest absolute Gasteiger partial charge is 0.0541 e. The van der Waals surface area contributed by atoms with Gasteiger partial charge in [-0.3, -0.25) is 0 Å². The van der Waals surface area contributed by atoms with Crippen molar-refractivity contribution in [1.82, 2.24) is 4.57 Å². The van der Waals surface area contributed by atoms with Gasteiger partial charge in [-0.1, -0.05) is 170 Å². The molecule has 0 atom stereocenters. The van der Waals surface area contributed by atoms with Crippen LogP contribution in [0.1, 0.15) is 0 Å². The minimum Gasteiger partial charge on any atom is -0.310 e. The van der Waals surface area contributed by atoms with Crippen molar-refractivity contribution in [3.63, 3.8) is 0 Å². The van der Waals surface area contributed by atoms with Crippen LogP contribution in [0.25, 0.3) is 82.8 Å². The molecule has 2 nitrogen and oxygen atoms in total. The SMILES string of the molecule is c1ccc(-c2ccc(N(c3ccccc3)c3ccccc3-c3ccc4c(c3)c3ccccc3n4-c3cc(-c4ccccc4)cc(-c4ccc5ccccc5c4)c3)cc2)cc1. The normalized spacial score (nSPS) is 11.3. The van der Waals surface area contributed by atoms with Crippen LogP contribution >= 0.6 is 0 Å². The van der Waals surface area contributed by atoms with Gasteiger partial charge in [0.15, 0.2) is 0 Å². The first kappa shape index (κ1) is 35.2. The molecule has 10 aromatic carbocycles. The van der Waals surface area contributed by atoms with Gasteiger partial charge >= 0.3 is 0 Å². The molecule has 11 rings (SSSR count). The van der Waals surface area contributed by atoms with Crippen molar-refractivity contribution in [2.45, 2.75) is 0 Å². The molecule has 282 valence electrons. The second kappa shape index (κ2) is 15.1. The lowest BCUT2D eigenvalue weighted by molar-refractivity contribution is 1.18. The molecule has 60 heavy (non-hydrogen) atoms. The van der Waals surface area contributed by atoms with Gasteiger partial charge in [-0.15, -0.1) is 0 Å². The average molecular weight is 765 g/mol. The molecule has 0 aliphatic heterocycles. The highest BCUT2D eigenvalue weighted by molar-refractivity contribution is 6.11. The molecule has 0 saturated carbocycles. The maximum atomic E-state index is 2.45. The largest absolute Gasteiger partial charge is 0.310 e. The summed E-state index contributed by atoms with van der Waals surface area (Å²) in [5.41, 5.74) is 16.3. The van der Waals surface area contributed by atoms with Crippen molar-refractivity contribution in [1.29, 1.82) is 0 Å². The lowest BCUT2D eigenvalue weighted by Gasteiger charge is -2.28. The molecule has 0 aliphatic carbocycles. The molecular weight excluding hydrogens is 725 g/mol. The summed E-state index contributed by atoms with van der Waals surface area (Å²) in [6, 6.07) is 87.9. The molecule has 0 aliphatic rings. The lowest BCUT2D eigenvalue weighted by Crippen LogP contribution is -2.11. The fourth-order valence-electron chi connectivity index (χ4n) is 8.84. The Kier molecular flexibility index (Phi) is 8.87. The summed E-state index contributed by atoms with van der Waals surface area (Å²) in [6.45, 7) is 0. The quantitative estimate of drug-likeness (QED) is 0.150. The highest BCUT2D eigenvalue weighted by Gasteiger charge is 2.20. The van der Waals surface area contributed by atoms with Crippen LogP contribution in [0.5, 0.6) is 0 Å². The monoisotopic (exact) mass is 764 g/mol. The first-order chi connectivity index (χ1) is 29.7. The molecule has 0 amide bonds. The Balaban J connectivity index is 1.07. The summed E-state index contributed by atoms with van der Waals surface area (Å²) in [7, 11) is 0. The summed E-state index contributed by atoms with van der Waals surface area (Å²) in [4.78, 5) is 2.38. The zero-order valence-electron chi connectivity index (χ0n) is 33.0. The van der Waals surface area contributed by atoms with E-state index in [1.165, 1.54) is 66.0 Å². The molecule has 0 bridgehead atoms. The van der Waals surface area contributed by atoms with E-state index in [9.17, 15) is 0 Å². The first-order valence-corrected chi connectivity index (χ1v) is 20.6. The molecule has 2 heteroatoms. The van der Waals surface area contributed by atoms with E-state index in [2.05, 4.69) is 252 Å². The van der Waals surface area contributed by atoms with Gasteiger partial charge < -0.3 is 9.47 Å². The minimum atomic E-state index is 1.10. The maximum absolute atomic E-state index is 2.45. The van der Waals surface area contributed by atoms with E-state index in [1.54, 1.807) is 0 Å². The molecule has 0 N–H and O–H groups in total. The van der Waals surface area contributed by atoms with Crippen molar-refractivity contribution in [2.75, 3.05) is 4.90 Å². The Bertz CT molecular complexity index is 3290. The van der Waals surface area contributed by atoms with E-state index in [1.807, 2.05) is 0 Å². The fraction of sp³-hybridized carbons (Fsp3) is 0. The van der Waals surface area contributed by atoms with Gasteiger partial charge in [0, 0.05) is 33.4 Å². The number of para-hydroxylation sites is 3. The average Bonchev–Trinajstić information content (AvgIpc) is 3.66. The number of rotatable bonds is 8. The minimum absolute atomic E-state index is 1.10. The molecule has 0 radical (unpaired) electrons.